The highest BCUT2D eigenvalue weighted by Crippen LogP contribution is 2.38. The number of piperidine rings is 1. The summed E-state index contributed by atoms with van der Waals surface area (Å²) in [4.78, 5) is 14.1. The van der Waals surface area contributed by atoms with E-state index < -0.39 is 12.0 Å². The summed E-state index contributed by atoms with van der Waals surface area (Å²) in [5.74, 6) is -0.721. The topological polar surface area (TPSA) is 40.5 Å². The van der Waals surface area contributed by atoms with E-state index in [0.717, 1.165) is 29.4 Å². The van der Waals surface area contributed by atoms with E-state index in [-0.39, 0.29) is 6.04 Å². The zero-order valence-electron chi connectivity index (χ0n) is 14.7. The predicted molar refractivity (Wildman–Crippen MR) is 104 cm³/mol. The average Bonchev–Trinajstić information content (AvgIpc) is 2.59. The molecule has 0 radical (unpaired) electrons. The molecule has 0 saturated carbocycles. The zero-order valence-corrected chi connectivity index (χ0v) is 16.3. The zero-order chi connectivity index (χ0) is 18.0. The fourth-order valence-electron chi connectivity index (χ4n) is 3.88. The van der Waals surface area contributed by atoms with Crippen molar-refractivity contribution in [3.8, 4) is 0 Å². The molecule has 2 atom stereocenters. The number of rotatable bonds is 4. The van der Waals surface area contributed by atoms with Gasteiger partial charge >= 0.3 is 5.97 Å². The van der Waals surface area contributed by atoms with Crippen LogP contribution in [0.5, 0.6) is 0 Å². The molecule has 1 saturated heterocycles. The van der Waals surface area contributed by atoms with Crippen LogP contribution in [0.1, 0.15) is 47.6 Å². The van der Waals surface area contributed by atoms with Crippen molar-refractivity contribution in [1.29, 1.82) is 0 Å². The maximum Gasteiger partial charge on any atom is 0.320 e. The molecule has 2 aromatic rings. The van der Waals surface area contributed by atoms with Gasteiger partial charge in [0.2, 0.25) is 0 Å². The molecular weight excluding hydrogens is 378 g/mol. The summed E-state index contributed by atoms with van der Waals surface area (Å²) in [7, 11) is 0. The molecule has 0 aliphatic carbocycles. The smallest absolute Gasteiger partial charge is 0.320 e. The van der Waals surface area contributed by atoms with E-state index in [0.29, 0.717) is 6.42 Å². The van der Waals surface area contributed by atoms with Gasteiger partial charge in [0.05, 0.1) is 6.04 Å². The van der Waals surface area contributed by atoms with E-state index in [1.807, 2.05) is 18.2 Å². The molecule has 4 heteroatoms. The lowest BCUT2D eigenvalue weighted by atomic mass is 9.89. The summed E-state index contributed by atoms with van der Waals surface area (Å²) in [5, 5.41) is 9.78. The van der Waals surface area contributed by atoms with E-state index >= 15 is 0 Å². The number of likely N-dealkylation sites (tertiary alicyclic amines) is 1. The molecule has 3 nitrogen and oxygen atoms in total. The highest BCUT2D eigenvalue weighted by atomic mass is 79.9. The van der Waals surface area contributed by atoms with Crippen molar-refractivity contribution in [2.45, 2.75) is 45.2 Å². The maximum atomic E-state index is 11.9. The van der Waals surface area contributed by atoms with Gasteiger partial charge in [-0.1, -0.05) is 64.3 Å². The Morgan fingerprint density at radius 2 is 1.92 bits per heavy atom. The van der Waals surface area contributed by atoms with Gasteiger partial charge < -0.3 is 5.11 Å². The largest absolute Gasteiger partial charge is 0.480 e. The van der Waals surface area contributed by atoms with Crippen LogP contribution in [0.3, 0.4) is 0 Å². The summed E-state index contributed by atoms with van der Waals surface area (Å²) in [5.41, 5.74) is 4.74. The van der Waals surface area contributed by atoms with Gasteiger partial charge in [-0.25, -0.2) is 0 Å². The molecule has 0 spiro atoms. The van der Waals surface area contributed by atoms with Gasteiger partial charge in [-0.15, -0.1) is 0 Å². The molecule has 25 heavy (non-hydrogen) atoms. The minimum atomic E-state index is -0.721. The number of aliphatic carboxylic acids is 1. The van der Waals surface area contributed by atoms with Gasteiger partial charge in [-0.2, -0.15) is 0 Å². The Morgan fingerprint density at radius 3 is 2.60 bits per heavy atom. The summed E-state index contributed by atoms with van der Waals surface area (Å²) >= 11 is 3.68. The summed E-state index contributed by atoms with van der Waals surface area (Å²) in [6.07, 6.45) is 2.72. The van der Waals surface area contributed by atoms with Crippen molar-refractivity contribution in [1.82, 2.24) is 4.90 Å². The van der Waals surface area contributed by atoms with Crippen LogP contribution in [0.25, 0.3) is 0 Å². The molecule has 132 valence electrons. The third kappa shape index (κ3) is 3.80. The predicted octanol–water partition coefficient (Wildman–Crippen LogP) is 5.09. The van der Waals surface area contributed by atoms with Crippen molar-refractivity contribution in [2.75, 3.05) is 6.54 Å². The minimum Gasteiger partial charge on any atom is -0.480 e. The lowest BCUT2D eigenvalue weighted by molar-refractivity contribution is -0.145. The first kappa shape index (κ1) is 18.2. The van der Waals surface area contributed by atoms with E-state index in [4.69, 9.17) is 0 Å². The number of benzene rings is 2. The Labute approximate surface area is 157 Å². The molecule has 0 amide bonds. The first-order valence-electron chi connectivity index (χ1n) is 8.79. The molecular formula is C21H24BrNO2. The Hall–Kier alpha value is -1.65. The van der Waals surface area contributed by atoms with Gasteiger partial charge in [0.15, 0.2) is 0 Å². The fourth-order valence-corrected chi connectivity index (χ4v) is 4.38. The molecule has 2 unspecified atom stereocenters. The van der Waals surface area contributed by atoms with Crippen LogP contribution in [0.4, 0.5) is 0 Å². The monoisotopic (exact) mass is 401 g/mol. The van der Waals surface area contributed by atoms with Crippen LogP contribution in [0.2, 0.25) is 0 Å². The number of halogens is 1. The number of carboxylic acids is 1. The lowest BCUT2D eigenvalue weighted by Gasteiger charge is -2.40. The molecule has 1 N–H and O–H groups in total. The van der Waals surface area contributed by atoms with Crippen LogP contribution in [0, 0.1) is 13.8 Å². The van der Waals surface area contributed by atoms with Gasteiger partial charge in [0.1, 0.15) is 6.04 Å². The third-order valence-electron chi connectivity index (χ3n) is 5.08. The summed E-state index contributed by atoms with van der Waals surface area (Å²) in [6.45, 7) is 5.01. The van der Waals surface area contributed by atoms with E-state index in [1.54, 1.807) is 0 Å². The molecule has 3 rings (SSSR count). The number of hydrogen-bond acceptors (Lipinski definition) is 2. The van der Waals surface area contributed by atoms with Gasteiger partial charge in [-0.05, 0) is 56.0 Å². The molecule has 0 aromatic heterocycles. The second kappa shape index (κ2) is 7.71. The first-order chi connectivity index (χ1) is 12.0. The van der Waals surface area contributed by atoms with Crippen LogP contribution >= 0.6 is 15.9 Å². The number of carbonyl (C=O) groups is 1. The number of aryl methyl sites for hydroxylation is 2. The van der Waals surface area contributed by atoms with Crippen molar-refractivity contribution in [3.63, 3.8) is 0 Å². The number of hydrogen-bond donors (Lipinski definition) is 1. The van der Waals surface area contributed by atoms with Crippen LogP contribution in [-0.2, 0) is 4.79 Å². The molecule has 1 heterocycles. The SMILES string of the molecule is Cc1ccc(C(c2ccccc2Br)N2CCCCC2C(=O)O)c(C)c1. The number of nitrogens with zero attached hydrogens (tertiary/aromatic N) is 1. The van der Waals surface area contributed by atoms with Crippen molar-refractivity contribution >= 4 is 21.9 Å². The van der Waals surface area contributed by atoms with Crippen LogP contribution < -0.4 is 0 Å². The van der Waals surface area contributed by atoms with Crippen LogP contribution in [-0.4, -0.2) is 28.6 Å². The molecule has 0 bridgehead atoms. The first-order valence-corrected chi connectivity index (χ1v) is 9.58. The van der Waals surface area contributed by atoms with E-state index in [9.17, 15) is 9.90 Å². The molecule has 1 fully saturated rings. The van der Waals surface area contributed by atoms with Gasteiger partial charge in [-0.3, -0.25) is 9.69 Å². The molecule has 1 aliphatic heterocycles. The van der Waals surface area contributed by atoms with Crippen molar-refractivity contribution < 1.29 is 9.90 Å². The summed E-state index contributed by atoms with van der Waals surface area (Å²) < 4.78 is 1.02. The highest BCUT2D eigenvalue weighted by Gasteiger charge is 2.36. The Morgan fingerprint density at radius 1 is 1.16 bits per heavy atom. The van der Waals surface area contributed by atoms with E-state index in [1.165, 1.54) is 16.7 Å². The maximum absolute atomic E-state index is 11.9. The highest BCUT2D eigenvalue weighted by molar-refractivity contribution is 9.10. The minimum absolute atomic E-state index is 0.0578. The normalized spacial score (nSPS) is 19.6. The van der Waals surface area contributed by atoms with Gasteiger partial charge in [0.25, 0.3) is 0 Å². The fraction of sp³-hybridized carbons (Fsp3) is 0.381. The lowest BCUT2D eigenvalue weighted by Crippen LogP contribution is -2.47. The summed E-state index contributed by atoms with van der Waals surface area (Å²) in [6, 6.07) is 14.1. The van der Waals surface area contributed by atoms with Crippen LogP contribution in [0.15, 0.2) is 46.9 Å². The second-order valence-electron chi connectivity index (χ2n) is 6.87. The molecule has 1 aliphatic rings. The Bertz CT molecular complexity index is 774. The quantitative estimate of drug-likeness (QED) is 0.774. The average molecular weight is 402 g/mol. The van der Waals surface area contributed by atoms with Crippen molar-refractivity contribution in [3.05, 3.63) is 69.2 Å². The Balaban J connectivity index is 2.15. The number of carboxylic acid groups (broad SMARTS) is 1. The van der Waals surface area contributed by atoms with E-state index in [2.05, 4.69) is 58.9 Å². The Kier molecular flexibility index (Phi) is 5.60. The molecule has 2 aromatic carbocycles. The van der Waals surface area contributed by atoms with Gasteiger partial charge in [0, 0.05) is 4.47 Å². The standard InChI is InChI=1S/C21H24BrNO2/c1-14-10-11-16(15(2)13-14)20(17-7-3-4-8-18(17)22)23-12-6-5-9-19(23)21(24)25/h3-4,7-8,10-11,13,19-20H,5-6,9,12H2,1-2H3,(H,24,25). The third-order valence-corrected chi connectivity index (χ3v) is 5.80. The second-order valence-corrected chi connectivity index (χ2v) is 7.73. The van der Waals surface area contributed by atoms with Crippen molar-refractivity contribution in [2.24, 2.45) is 0 Å².